The van der Waals surface area contributed by atoms with E-state index in [9.17, 15) is 13.6 Å². The van der Waals surface area contributed by atoms with E-state index in [2.05, 4.69) is 10.1 Å². The van der Waals surface area contributed by atoms with Gasteiger partial charge in [0, 0.05) is 24.2 Å². The highest BCUT2D eigenvalue weighted by Crippen LogP contribution is 2.33. The van der Waals surface area contributed by atoms with E-state index in [1.54, 1.807) is 24.0 Å². The molecule has 5 nitrogen and oxygen atoms in total. The molecule has 1 amide bonds. The van der Waals surface area contributed by atoms with Crippen LogP contribution in [0.1, 0.15) is 23.8 Å². The van der Waals surface area contributed by atoms with Crippen LogP contribution in [0.4, 0.5) is 14.5 Å². The van der Waals surface area contributed by atoms with Crippen molar-refractivity contribution in [2.24, 2.45) is 0 Å². The molecule has 2 aromatic carbocycles. The topological polar surface area (TPSA) is 59.2 Å². The second kappa shape index (κ2) is 6.74. The summed E-state index contributed by atoms with van der Waals surface area (Å²) >= 11 is 5.79. The van der Waals surface area contributed by atoms with Gasteiger partial charge in [-0.15, -0.1) is 0 Å². The average molecular weight is 390 g/mol. The molecule has 8 heteroatoms. The fraction of sp³-hybridized carbons (Fsp3) is 0.211. The third-order valence-electron chi connectivity index (χ3n) is 4.55. The summed E-state index contributed by atoms with van der Waals surface area (Å²) in [5, 5.41) is 3.87. The van der Waals surface area contributed by atoms with Gasteiger partial charge >= 0.3 is 0 Å². The largest absolute Gasteiger partial charge is 0.339 e. The quantitative estimate of drug-likeness (QED) is 0.662. The molecule has 27 heavy (non-hydrogen) atoms. The van der Waals surface area contributed by atoms with Crippen molar-refractivity contribution >= 4 is 23.2 Å². The minimum atomic E-state index is -0.532. The van der Waals surface area contributed by atoms with E-state index in [1.807, 2.05) is 0 Å². The normalized spacial score (nSPS) is 17.0. The lowest BCUT2D eigenvalue weighted by atomic mass is 10.1. The molecule has 0 N–H and O–H groups in total. The highest BCUT2D eigenvalue weighted by atomic mass is 35.5. The van der Waals surface area contributed by atoms with Crippen molar-refractivity contribution in [3.05, 3.63) is 64.5 Å². The van der Waals surface area contributed by atoms with Crippen LogP contribution in [0.25, 0.3) is 11.4 Å². The summed E-state index contributed by atoms with van der Waals surface area (Å²) in [4.78, 5) is 18.3. The van der Waals surface area contributed by atoms with Crippen LogP contribution in [0.2, 0.25) is 5.02 Å². The van der Waals surface area contributed by atoms with Crippen molar-refractivity contribution < 1.29 is 18.1 Å². The number of hydrogen-bond acceptors (Lipinski definition) is 4. The molecule has 138 valence electrons. The fourth-order valence-corrected chi connectivity index (χ4v) is 3.25. The van der Waals surface area contributed by atoms with E-state index in [-0.39, 0.29) is 34.9 Å². The molecule has 1 aliphatic rings. The SMILES string of the molecule is Cc1cc(N2CC(c3nc(-c4ccc(F)c(Cl)c4)no3)CC2=O)ccc1F. The summed E-state index contributed by atoms with van der Waals surface area (Å²) in [7, 11) is 0. The average Bonchev–Trinajstić information content (AvgIpc) is 3.27. The van der Waals surface area contributed by atoms with Crippen molar-refractivity contribution in [1.29, 1.82) is 0 Å². The molecule has 1 unspecified atom stereocenters. The lowest BCUT2D eigenvalue weighted by Gasteiger charge is -2.16. The third-order valence-corrected chi connectivity index (χ3v) is 4.84. The highest BCUT2D eigenvalue weighted by molar-refractivity contribution is 6.31. The molecule has 1 fully saturated rings. The van der Waals surface area contributed by atoms with Crippen LogP contribution in [-0.2, 0) is 4.79 Å². The van der Waals surface area contributed by atoms with E-state index in [0.29, 0.717) is 29.2 Å². The zero-order chi connectivity index (χ0) is 19.1. The van der Waals surface area contributed by atoms with Gasteiger partial charge in [-0.05, 0) is 48.9 Å². The number of halogens is 3. The van der Waals surface area contributed by atoms with E-state index in [4.69, 9.17) is 16.1 Å². The second-order valence-corrected chi connectivity index (χ2v) is 6.83. The zero-order valence-corrected chi connectivity index (χ0v) is 15.0. The number of aromatic nitrogens is 2. The van der Waals surface area contributed by atoms with E-state index < -0.39 is 5.82 Å². The number of rotatable bonds is 3. The standard InChI is InChI=1S/C19H14ClF2N3O2/c1-10-6-13(3-5-15(10)21)25-9-12(8-17(25)26)19-23-18(24-27-19)11-2-4-16(22)14(20)7-11/h2-7,12H,8-9H2,1H3. The first-order valence-electron chi connectivity index (χ1n) is 8.28. The number of hydrogen-bond donors (Lipinski definition) is 0. The summed E-state index contributed by atoms with van der Waals surface area (Å²) in [5.74, 6) is -0.636. The number of anilines is 1. The number of benzene rings is 2. The van der Waals surface area contributed by atoms with Gasteiger partial charge in [0.25, 0.3) is 0 Å². The number of nitrogens with zero attached hydrogens (tertiary/aromatic N) is 3. The number of carbonyl (C=O) groups is 1. The molecule has 4 rings (SSSR count). The van der Waals surface area contributed by atoms with Crippen LogP contribution in [0, 0.1) is 18.6 Å². The molecule has 1 saturated heterocycles. The van der Waals surface area contributed by atoms with Crippen LogP contribution < -0.4 is 4.90 Å². The summed E-state index contributed by atoms with van der Waals surface area (Å²) in [6.45, 7) is 2.00. The Morgan fingerprint density at radius 2 is 1.96 bits per heavy atom. The Balaban J connectivity index is 1.56. The molecular formula is C19H14ClF2N3O2. The van der Waals surface area contributed by atoms with Gasteiger partial charge in [0.05, 0.1) is 10.9 Å². The Hall–Kier alpha value is -2.80. The molecule has 0 spiro atoms. The maximum atomic E-state index is 13.5. The Labute approximate surface area is 158 Å². The molecule has 3 aromatic rings. The van der Waals surface area contributed by atoms with Crippen molar-refractivity contribution in [1.82, 2.24) is 10.1 Å². The van der Waals surface area contributed by atoms with Crippen LogP contribution in [0.3, 0.4) is 0 Å². The molecule has 0 radical (unpaired) electrons. The van der Waals surface area contributed by atoms with E-state index in [0.717, 1.165) is 0 Å². The number of carbonyl (C=O) groups excluding carboxylic acids is 1. The molecule has 1 aliphatic heterocycles. The smallest absolute Gasteiger partial charge is 0.232 e. The lowest BCUT2D eigenvalue weighted by Crippen LogP contribution is -2.24. The molecule has 2 heterocycles. The minimum absolute atomic E-state index is 0.0345. The van der Waals surface area contributed by atoms with Gasteiger partial charge in [0.1, 0.15) is 11.6 Å². The van der Waals surface area contributed by atoms with Crippen molar-refractivity contribution in [3.8, 4) is 11.4 Å². The first kappa shape index (κ1) is 17.6. The second-order valence-electron chi connectivity index (χ2n) is 6.42. The Kier molecular flexibility index (Phi) is 4.39. The Morgan fingerprint density at radius 3 is 2.70 bits per heavy atom. The summed E-state index contributed by atoms with van der Waals surface area (Å²) in [6.07, 6.45) is 0.211. The number of aryl methyl sites for hydroxylation is 1. The first-order valence-corrected chi connectivity index (χ1v) is 8.65. The number of amides is 1. The molecular weight excluding hydrogens is 376 g/mol. The van der Waals surface area contributed by atoms with Crippen LogP contribution in [0.15, 0.2) is 40.9 Å². The van der Waals surface area contributed by atoms with Gasteiger partial charge in [0.2, 0.25) is 17.6 Å². The fourth-order valence-electron chi connectivity index (χ4n) is 3.07. The van der Waals surface area contributed by atoms with Gasteiger partial charge in [-0.25, -0.2) is 8.78 Å². The van der Waals surface area contributed by atoms with Gasteiger partial charge in [0.15, 0.2) is 0 Å². The molecule has 0 saturated carbocycles. The van der Waals surface area contributed by atoms with Gasteiger partial charge in [-0.2, -0.15) is 4.98 Å². The molecule has 0 bridgehead atoms. The summed E-state index contributed by atoms with van der Waals surface area (Å²) in [6, 6.07) is 8.69. The van der Waals surface area contributed by atoms with Crippen LogP contribution >= 0.6 is 11.6 Å². The maximum absolute atomic E-state index is 13.5. The molecule has 1 aromatic heterocycles. The molecule has 0 aliphatic carbocycles. The van der Waals surface area contributed by atoms with Gasteiger partial charge < -0.3 is 9.42 Å². The third kappa shape index (κ3) is 3.30. The first-order chi connectivity index (χ1) is 12.9. The zero-order valence-electron chi connectivity index (χ0n) is 14.2. The van der Waals surface area contributed by atoms with E-state index >= 15 is 0 Å². The Bertz CT molecular complexity index is 1040. The van der Waals surface area contributed by atoms with Crippen molar-refractivity contribution in [2.75, 3.05) is 11.4 Å². The van der Waals surface area contributed by atoms with Crippen LogP contribution in [0.5, 0.6) is 0 Å². The minimum Gasteiger partial charge on any atom is -0.339 e. The predicted octanol–water partition coefficient (Wildman–Crippen LogP) is 4.50. The summed E-state index contributed by atoms with van der Waals surface area (Å²) in [5.41, 5.74) is 1.62. The van der Waals surface area contributed by atoms with E-state index in [1.165, 1.54) is 24.3 Å². The highest BCUT2D eigenvalue weighted by Gasteiger charge is 2.35. The predicted molar refractivity (Wildman–Crippen MR) is 95.6 cm³/mol. The van der Waals surface area contributed by atoms with Crippen LogP contribution in [-0.4, -0.2) is 22.6 Å². The molecule has 1 atom stereocenters. The van der Waals surface area contributed by atoms with Crippen molar-refractivity contribution in [2.45, 2.75) is 19.3 Å². The van der Waals surface area contributed by atoms with Gasteiger partial charge in [-0.3, -0.25) is 4.79 Å². The Morgan fingerprint density at radius 1 is 1.19 bits per heavy atom. The maximum Gasteiger partial charge on any atom is 0.232 e. The lowest BCUT2D eigenvalue weighted by molar-refractivity contribution is -0.117. The van der Waals surface area contributed by atoms with Gasteiger partial charge in [-0.1, -0.05) is 16.8 Å². The van der Waals surface area contributed by atoms with Crippen molar-refractivity contribution in [3.63, 3.8) is 0 Å². The summed E-state index contributed by atoms with van der Waals surface area (Å²) < 4.78 is 32.1. The monoisotopic (exact) mass is 389 g/mol.